The van der Waals surface area contributed by atoms with Gasteiger partial charge in [0.1, 0.15) is 17.0 Å². The van der Waals surface area contributed by atoms with Gasteiger partial charge in [-0.2, -0.15) is 0 Å². The molecule has 0 unspecified atom stereocenters. The smallest absolute Gasteiger partial charge is 0.337 e. The number of aliphatic hydroxyl groups is 1. The predicted molar refractivity (Wildman–Crippen MR) is 123 cm³/mol. The lowest BCUT2D eigenvalue weighted by Crippen LogP contribution is -2.38. The number of nitrogens with zero attached hydrogens (tertiary/aromatic N) is 1. The standard InChI is InChI=1S/C24H19BrFNO5/c1-12(2)27(23(29)15-5-4-14(25)8-19(15)26)20-9-17-16-7-13(11-28)3-6-21(16)32-22(17)10-18(20)24(30)31/h3-10,12,28H,11H2,1-2H3,(H,30,31). The third kappa shape index (κ3) is 3.76. The van der Waals surface area contributed by atoms with Gasteiger partial charge in [0.05, 0.1) is 23.4 Å². The summed E-state index contributed by atoms with van der Waals surface area (Å²) in [5.41, 5.74) is 1.34. The van der Waals surface area contributed by atoms with Crippen molar-refractivity contribution < 1.29 is 28.6 Å². The van der Waals surface area contributed by atoms with Gasteiger partial charge in [0.2, 0.25) is 0 Å². The molecule has 0 saturated heterocycles. The van der Waals surface area contributed by atoms with E-state index in [1.165, 1.54) is 23.1 Å². The number of halogens is 2. The molecule has 1 amide bonds. The molecule has 0 aliphatic carbocycles. The van der Waals surface area contributed by atoms with Crippen LogP contribution in [-0.2, 0) is 6.61 Å². The van der Waals surface area contributed by atoms with Crippen LogP contribution in [0.5, 0.6) is 0 Å². The van der Waals surface area contributed by atoms with E-state index >= 15 is 0 Å². The molecule has 32 heavy (non-hydrogen) atoms. The monoisotopic (exact) mass is 499 g/mol. The van der Waals surface area contributed by atoms with E-state index in [9.17, 15) is 24.2 Å². The molecule has 0 bridgehead atoms. The largest absolute Gasteiger partial charge is 0.478 e. The molecule has 0 fully saturated rings. The first-order valence-electron chi connectivity index (χ1n) is 9.83. The molecule has 0 aliphatic heterocycles. The molecule has 4 rings (SSSR count). The van der Waals surface area contributed by atoms with Crippen molar-refractivity contribution >= 4 is 55.4 Å². The van der Waals surface area contributed by atoms with E-state index in [1.807, 2.05) is 0 Å². The van der Waals surface area contributed by atoms with Gasteiger partial charge in [-0.15, -0.1) is 0 Å². The molecule has 1 aromatic heterocycles. The Kier molecular flexibility index (Phi) is 5.75. The molecule has 0 aliphatic rings. The van der Waals surface area contributed by atoms with Crippen LogP contribution in [0.3, 0.4) is 0 Å². The molecule has 1 heterocycles. The van der Waals surface area contributed by atoms with E-state index in [-0.39, 0.29) is 23.4 Å². The summed E-state index contributed by atoms with van der Waals surface area (Å²) in [6.07, 6.45) is 0. The van der Waals surface area contributed by atoms with Gasteiger partial charge >= 0.3 is 5.97 Å². The SMILES string of the molecule is CC(C)N(C(=O)c1ccc(Br)cc1F)c1cc2c(cc1C(=O)O)oc1ccc(CO)cc12. The van der Waals surface area contributed by atoms with Gasteiger partial charge in [-0.05, 0) is 61.9 Å². The topological polar surface area (TPSA) is 91.0 Å². The highest BCUT2D eigenvalue weighted by atomic mass is 79.9. The Hall–Kier alpha value is -3.23. The number of furan rings is 1. The van der Waals surface area contributed by atoms with Crippen LogP contribution in [0, 0.1) is 5.82 Å². The molecule has 164 valence electrons. The number of benzene rings is 3. The highest BCUT2D eigenvalue weighted by Gasteiger charge is 2.28. The van der Waals surface area contributed by atoms with Crippen LogP contribution in [0.4, 0.5) is 10.1 Å². The zero-order valence-corrected chi connectivity index (χ0v) is 18.8. The fraction of sp³-hybridized carbons (Fsp3) is 0.167. The summed E-state index contributed by atoms with van der Waals surface area (Å²) in [5, 5.41) is 20.6. The molecule has 8 heteroatoms. The van der Waals surface area contributed by atoms with Crippen molar-refractivity contribution in [3.63, 3.8) is 0 Å². The molecular formula is C24H19BrFNO5. The van der Waals surface area contributed by atoms with E-state index in [0.29, 0.717) is 32.0 Å². The summed E-state index contributed by atoms with van der Waals surface area (Å²) in [6, 6.07) is 11.7. The van der Waals surface area contributed by atoms with E-state index in [2.05, 4.69) is 15.9 Å². The quantitative estimate of drug-likeness (QED) is 0.365. The first kappa shape index (κ1) is 22.0. The lowest BCUT2D eigenvalue weighted by Gasteiger charge is -2.28. The summed E-state index contributed by atoms with van der Waals surface area (Å²) in [5.74, 6) is -2.61. The Morgan fingerprint density at radius 1 is 1.03 bits per heavy atom. The minimum absolute atomic E-state index is 0.129. The van der Waals surface area contributed by atoms with Crippen LogP contribution >= 0.6 is 15.9 Å². The van der Waals surface area contributed by atoms with Crippen LogP contribution < -0.4 is 4.90 Å². The second-order valence-corrected chi connectivity index (χ2v) is 8.57. The zero-order chi connectivity index (χ0) is 23.2. The van der Waals surface area contributed by atoms with Gasteiger partial charge in [-0.3, -0.25) is 4.79 Å². The molecule has 0 saturated carbocycles. The number of carboxylic acids is 1. The third-order valence-electron chi connectivity index (χ3n) is 5.22. The van der Waals surface area contributed by atoms with Crippen molar-refractivity contribution in [1.29, 1.82) is 0 Å². The number of hydrogen-bond acceptors (Lipinski definition) is 4. The third-order valence-corrected chi connectivity index (χ3v) is 5.71. The molecule has 0 atom stereocenters. The predicted octanol–water partition coefficient (Wildman–Crippen LogP) is 5.73. The lowest BCUT2D eigenvalue weighted by atomic mass is 10.0. The molecule has 3 aromatic carbocycles. The number of carbonyl (C=O) groups excluding carboxylic acids is 1. The Morgan fingerprint density at radius 2 is 1.75 bits per heavy atom. The maximum Gasteiger partial charge on any atom is 0.337 e. The maximum absolute atomic E-state index is 14.6. The average Bonchev–Trinajstić information content (AvgIpc) is 3.09. The van der Waals surface area contributed by atoms with E-state index in [0.717, 1.165) is 0 Å². The molecule has 6 nitrogen and oxygen atoms in total. The van der Waals surface area contributed by atoms with Crippen LogP contribution in [0.25, 0.3) is 21.9 Å². The molecule has 0 spiro atoms. The number of fused-ring (bicyclic) bond motifs is 3. The number of carboxylic acid groups (broad SMARTS) is 1. The Labute approximate surface area is 191 Å². The summed E-state index contributed by atoms with van der Waals surface area (Å²) in [6.45, 7) is 3.28. The fourth-order valence-corrected chi connectivity index (χ4v) is 4.08. The zero-order valence-electron chi connectivity index (χ0n) is 17.2. The van der Waals surface area contributed by atoms with Gasteiger partial charge in [0, 0.05) is 21.3 Å². The van der Waals surface area contributed by atoms with Crippen LogP contribution in [-0.4, -0.2) is 28.1 Å². The summed E-state index contributed by atoms with van der Waals surface area (Å²) >= 11 is 3.17. The van der Waals surface area contributed by atoms with Gasteiger partial charge in [-0.25, -0.2) is 9.18 Å². The van der Waals surface area contributed by atoms with Crippen molar-refractivity contribution in [2.45, 2.75) is 26.5 Å². The van der Waals surface area contributed by atoms with E-state index < -0.39 is 23.7 Å². The Balaban J connectivity index is 1.97. The fourth-order valence-electron chi connectivity index (χ4n) is 3.74. The average molecular weight is 500 g/mol. The summed E-state index contributed by atoms with van der Waals surface area (Å²) < 4.78 is 20.8. The van der Waals surface area contributed by atoms with Crippen molar-refractivity contribution in [2.24, 2.45) is 0 Å². The minimum atomic E-state index is -1.24. The Bertz CT molecular complexity index is 1380. The van der Waals surface area contributed by atoms with Gasteiger partial charge in [0.25, 0.3) is 5.91 Å². The van der Waals surface area contributed by atoms with E-state index in [1.54, 1.807) is 44.2 Å². The van der Waals surface area contributed by atoms with Gasteiger partial charge in [-0.1, -0.05) is 22.0 Å². The van der Waals surface area contributed by atoms with Gasteiger partial charge < -0.3 is 19.5 Å². The molecule has 2 N–H and O–H groups in total. The summed E-state index contributed by atoms with van der Waals surface area (Å²) in [7, 11) is 0. The van der Waals surface area contributed by atoms with Crippen molar-refractivity contribution in [3.05, 3.63) is 75.5 Å². The summed E-state index contributed by atoms with van der Waals surface area (Å²) in [4.78, 5) is 26.7. The number of amides is 1. The maximum atomic E-state index is 14.6. The number of aromatic carboxylic acids is 1. The first-order chi connectivity index (χ1) is 15.2. The molecular weight excluding hydrogens is 481 g/mol. The van der Waals surface area contributed by atoms with Crippen LogP contribution in [0.1, 0.15) is 40.1 Å². The second-order valence-electron chi connectivity index (χ2n) is 7.65. The van der Waals surface area contributed by atoms with Crippen LogP contribution in [0.15, 0.2) is 57.4 Å². The number of rotatable bonds is 5. The van der Waals surface area contributed by atoms with E-state index in [4.69, 9.17) is 4.42 Å². The number of anilines is 1. The minimum Gasteiger partial charge on any atom is -0.478 e. The normalized spacial score (nSPS) is 11.4. The number of hydrogen-bond donors (Lipinski definition) is 2. The number of carbonyl (C=O) groups is 2. The Morgan fingerprint density at radius 3 is 2.38 bits per heavy atom. The first-order valence-corrected chi connectivity index (χ1v) is 10.6. The second kappa shape index (κ2) is 8.37. The lowest BCUT2D eigenvalue weighted by molar-refractivity contribution is 0.0697. The number of aliphatic hydroxyl groups excluding tert-OH is 1. The molecule has 4 aromatic rings. The highest BCUT2D eigenvalue weighted by Crippen LogP contribution is 2.36. The van der Waals surface area contributed by atoms with Crippen molar-refractivity contribution in [2.75, 3.05) is 4.90 Å². The highest BCUT2D eigenvalue weighted by molar-refractivity contribution is 9.10. The van der Waals surface area contributed by atoms with Crippen LogP contribution in [0.2, 0.25) is 0 Å². The molecule has 0 radical (unpaired) electrons. The van der Waals surface area contributed by atoms with Crippen molar-refractivity contribution in [3.8, 4) is 0 Å². The van der Waals surface area contributed by atoms with Gasteiger partial charge in [0.15, 0.2) is 0 Å². The van der Waals surface area contributed by atoms with Crippen molar-refractivity contribution in [1.82, 2.24) is 0 Å².